The average Bonchev–Trinajstić information content (AvgIpc) is 2.60. The molecule has 0 radical (unpaired) electrons. The number of ether oxygens (including phenoxy) is 1. The van der Waals surface area contributed by atoms with Crippen LogP contribution >= 0.6 is 0 Å². The molecule has 0 atom stereocenters. The van der Waals surface area contributed by atoms with Gasteiger partial charge in [-0.25, -0.2) is 4.79 Å². The molecule has 0 aliphatic heterocycles. The molecule has 15 heavy (non-hydrogen) atoms. The smallest absolute Gasteiger partial charge is 0.358 e. The summed E-state index contributed by atoms with van der Waals surface area (Å²) in [5.74, 6) is -0.501. The first-order chi connectivity index (χ1) is 6.92. The molecule has 5 nitrogen and oxygen atoms in total. The van der Waals surface area contributed by atoms with Gasteiger partial charge in [0.15, 0.2) is 5.69 Å². The third-order valence-electron chi connectivity index (χ3n) is 2.23. The molecular weight excluding hydrogens is 196 g/mol. The van der Waals surface area contributed by atoms with Crippen molar-refractivity contribution in [2.75, 3.05) is 7.11 Å². The van der Waals surface area contributed by atoms with Crippen LogP contribution in [0.5, 0.6) is 0 Å². The third kappa shape index (κ3) is 2.06. The lowest BCUT2D eigenvalue weighted by molar-refractivity contribution is -0.111. The molecule has 0 saturated heterocycles. The number of hydrogen-bond acceptors (Lipinski definition) is 4. The van der Waals surface area contributed by atoms with Crippen molar-refractivity contribution in [1.82, 2.24) is 9.78 Å². The van der Waals surface area contributed by atoms with E-state index in [1.807, 2.05) is 0 Å². The average molecular weight is 210 g/mol. The van der Waals surface area contributed by atoms with Crippen LogP contribution < -0.4 is 0 Å². The van der Waals surface area contributed by atoms with Crippen molar-refractivity contribution in [3.05, 3.63) is 17.5 Å². The van der Waals surface area contributed by atoms with Crippen LogP contribution in [0.1, 0.15) is 30.0 Å². The van der Waals surface area contributed by atoms with E-state index in [2.05, 4.69) is 9.84 Å². The fourth-order valence-electron chi connectivity index (χ4n) is 1.33. The molecule has 1 rings (SSSR count). The predicted octanol–water partition coefficient (Wildman–Crippen LogP) is 0.683. The molecule has 0 saturated carbocycles. The van der Waals surface area contributed by atoms with Crippen molar-refractivity contribution in [2.24, 2.45) is 7.05 Å². The Morgan fingerprint density at radius 1 is 1.60 bits per heavy atom. The van der Waals surface area contributed by atoms with Crippen LogP contribution in [0.3, 0.4) is 0 Å². The first kappa shape index (κ1) is 11.4. The molecule has 5 heteroatoms. The number of aryl methyl sites for hydroxylation is 1. The quantitative estimate of drug-likeness (QED) is 0.543. The van der Waals surface area contributed by atoms with Gasteiger partial charge >= 0.3 is 5.97 Å². The van der Waals surface area contributed by atoms with E-state index in [-0.39, 0.29) is 5.69 Å². The van der Waals surface area contributed by atoms with E-state index in [4.69, 9.17) is 0 Å². The van der Waals surface area contributed by atoms with Crippen LogP contribution in [-0.4, -0.2) is 29.1 Å². The molecule has 0 N–H and O–H groups in total. The van der Waals surface area contributed by atoms with Gasteiger partial charge in [-0.2, -0.15) is 5.10 Å². The summed E-state index contributed by atoms with van der Waals surface area (Å²) in [6, 6.07) is 1.57. The first-order valence-corrected chi connectivity index (χ1v) is 4.51. The number of aldehydes is 1. The van der Waals surface area contributed by atoms with Gasteiger partial charge in [-0.3, -0.25) is 4.68 Å². The highest BCUT2D eigenvalue weighted by atomic mass is 16.5. The van der Waals surface area contributed by atoms with Crippen molar-refractivity contribution in [1.29, 1.82) is 0 Å². The molecule has 0 aliphatic carbocycles. The second kappa shape index (κ2) is 3.84. The van der Waals surface area contributed by atoms with Crippen LogP contribution in [-0.2, 0) is 22.0 Å². The zero-order valence-electron chi connectivity index (χ0n) is 9.27. The number of methoxy groups -OCH3 is 1. The zero-order valence-corrected chi connectivity index (χ0v) is 9.27. The maximum absolute atomic E-state index is 11.2. The standard InChI is InChI=1S/C10H14N2O3/c1-10(2,6-13)8-5-7(9(14)15-4)11-12(8)3/h5-6H,1-4H3. The van der Waals surface area contributed by atoms with Gasteiger partial charge in [0.1, 0.15) is 6.29 Å². The normalized spacial score (nSPS) is 11.2. The monoisotopic (exact) mass is 210 g/mol. The molecule has 0 amide bonds. The van der Waals surface area contributed by atoms with Crippen LogP contribution in [0.2, 0.25) is 0 Å². The highest BCUT2D eigenvalue weighted by Crippen LogP contribution is 2.21. The predicted molar refractivity (Wildman–Crippen MR) is 53.6 cm³/mol. The molecule has 1 heterocycles. The second-order valence-electron chi connectivity index (χ2n) is 3.87. The van der Waals surface area contributed by atoms with Gasteiger partial charge in [0.05, 0.1) is 18.2 Å². The van der Waals surface area contributed by atoms with Gasteiger partial charge in [0.25, 0.3) is 0 Å². The van der Waals surface area contributed by atoms with Crippen molar-refractivity contribution < 1.29 is 14.3 Å². The summed E-state index contributed by atoms with van der Waals surface area (Å²) in [4.78, 5) is 22.1. The summed E-state index contributed by atoms with van der Waals surface area (Å²) >= 11 is 0. The molecule has 1 aromatic heterocycles. The molecule has 0 bridgehead atoms. The molecule has 0 aliphatic rings. The van der Waals surface area contributed by atoms with Gasteiger partial charge in [-0.15, -0.1) is 0 Å². The number of rotatable bonds is 3. The number of esters is 1. The lowest BCUT2D eigenvalue weighted by Crippen LogP contribution is -2.22. The highest BCUT2D eigenvalue weighted by molar-refractivity contribution is 5.87. The maximum atomic E-state index is 11.2. The molecule has 0 unspecified atom stereocenters. The fraction of sp³-hybridized carbons (Fsp3) is 0.500. The van der Waals surface area contributed by atoms with Crippen LogP contribution in [0, 0.1) is 0 Å². The Labute approximate surface area is 88.0 Å². The first-order valence-electron chi connectivity index (χ1n) is 4.51. The van der Waals surface area contributed by atoms with Gasteiger partial charge in [0.2, 0.25) is 0 Å². The number of nitrogens with zero attached hydrogens (tertiary/aromatic N) is 2. The van der Waals surface area contributed by atoms with Gasteiger partial charge in [-0.1, -0.05) is 0 Å². The van der Waals surface area contributed by atoms with E-state index in [0.717, 1.165) is 6.29 Å². The van der Waals surface area contributed by atoms with Crippen LogP contribution in [0.15, 0.2) is 6.07 Å². The van der Waals surface area contributed by atoms with E-state index in [1.54, 1.807) is 27.0 Å². The molecule has 0 spiro atoms. The fourth-order valence-corrected chi connectivity index (χ4v) is 1.33. The van der Waals surface area contributed by atoms with Gasteiger partial charge in [0, 0.05) is 7.05 Å². The summed E-state index contributed by atoms with van der Waals surface area (Å²) in [6.45, 7) is 3.52. The number of carbonyl (C=O) groups excluding carboxylic acids is 2. The van der Waals surface area contributed by atoms with E-state index < -0.39 is 11.4 Å². The largest absolute Gasteiger partial charge is 0.464 e. The SMILES string of the molecule is COC(=O)c1cc(C(C)(C)C=O)n(C)n1. The Morgan fingerprint density at radius 3 is 2.67 bits per heavy atom. The Hall–Kier alpha value is -1.65. The van der Waals surface area contributed by atoms with Crippen LogP contribution in [0.25, 0.3) is 0 Å². The summed E-state index contributed by atoms with van der Waals surface area (Å²) in [5, 5.41) is 3.98. The summed E-state index contributed by atoms with van der Waals surface area (Å²) in [7, 11) is 2.98. The van der Waals surface area contributed by atoms with E-state index >= 15 is 0 Å². The molecule has 0 aromatic carbocycles. The minimum atomic E-state index is -0.659. The Kier molecular flexibility index (Phi) is 2.93. The minimum Gasteiger partial charge on any atom is -0.464 e. The Morgan fingerprint density at radius 2 is 2.20 bits per heavy atom. The second-order valence-corrected chi connectivity index (χ2v) is 3.87. The number of carbonyl (C=O) groups is 2. The highest BCUT2D eigenvalue weighted by Gasteiger charge is 2.26. The topological polar surface area (TPSA) is 61.2 Å². The van der Waals surface area contributed by atoms with Gasteiger partial charge in [-0.05, 0) is 19.9 Å². The van der Waals surface area contributed by atoms with Gasteiger partial charge < -0.3 is 9.53 Å². The summed E-state index contributed by atoms with van der Waals surface area (Å²) < 4.78 is 6.06. The molecular formula is C10H14N2O3. The van der Waals surface area contributed by atoms with Crippen molar-refractivity contribution in [3.8, 4) is 0 Å². The third-order valence-corrected chi connectivity index (χ3v) is 2.23. The minimum absolute atomic E-state index is 0.213. The maximum Gasteiger partial charge on any atom is 0.358 e. The van der Waals surface area contributed by atoms with Crippen molar-refractivity contribution >= 4 is 12.3 Å². The lowest BCUT2D eigenvalue weighted by Gasteiger charge is -2.16. The lowest BCUT2D eigenvalue weighted by atomic mass is 9.91. The molecule has 82 valence electrons. The summed E-state index contributed by atoms with van der Waals surface area (Å²) in [6.07, 6.45) is 0.824. The molecule has 1 aromatic rings. The van der Waals surface area contributed by atoms with E-state index in [0.29, 0.717) is 5.69 Å². The number of aromatic nitrogens is 2. The van der Waals surface area contributed by atoms with E-state index in [9.17, 15) is 9.59 Å². The van der Waals surface area contributed by atoms with E-state index in [1.165, 1.54) is 11.8 Å². The molecule has 0 fully saturated rings. The zero-order chi connectivity index (χ0) is 11.6. The van der Waals surface area contributed by atoms with Crippen LogP contribution in [0.4, 0.5) is 0 Å². The van der Waals surface area contributed by atoms with Crippen molar-refractivity contribution in [2.45, 2.75) is 19.3 Å². The Bertz CT molecular complexity index is 393. The number of hydrogen-bond donors (Lipinski definition) is 0. The van der Waals surface area contributed by atoms with Crippen molar-refractivity contribution in [3.63, 3.8) is 0 Å². The Balaban J connectivity index is 3.17. The summed E-state index contributed by atoms with van der Waals surface area (Å²) in [5.41, 5.74) is 0.233.